The maximum Gasteiger partial charge on any atom is 0.226 e. The number of aromatic nitrogens is 4. The van der Waals surface area contributed by atoms with Gasteiger partial charge in [0.05, 0.1) is 11.6 Å². The molecule has 0 saturated carbocycles. The average Bonchev–Trinajstić information content (AvgIpc) is 2.93. The van der Waals surface area contributed by atoms with E-state index in [4.69, 9.17) is 0 Å². The van der Waals surface area contributed by atoms with E-state index in [9.17, 15) is 0 Å². The number of aromatic amines is 1. The van der Waals surface area contributed by atoms with Gasteiger partial charge in [-0.3, -0.25) is 5.10 Å². The molecular formula is C15H24N6. The molecule has 0 atom stereocenters. The Morgan fingerprint density at radius 3 is 2.57 bits per heavy atom. The number of nitrogens with zero attached hydrogens (tertiary/aromatic N) is 4. The first-order chi connectivity index (χ1) is 9.99. The van der Waals surface area contributed by atoms with Gasteiger partial charge in [-0.1, -0.05) is 20.8 Å². The maximum atomic E-state index is 4.65. The second-order valence-electron chi connectivity index (χ2n) is 6.88. The molecule has 1 aliphatic rings. The number of rotatable bonds is 2. The van der Waals surface area contributed by atoms with Crippen molar-refractivity contribution in [3.05, 3.63) is 6.20 Å². The summed E-state index contributed by atoms with van der Waals surface area (Å²) in [4.78, 5) is 11.4. The highest BCUT2D eigenvalue weighted by Gasteiger charge is 2.30. The predicted molar refractivity (Wildman–Crippen MR) is 85.6 cm³/mol. The van der Waals surface area contributed by atoms with Gasteiger partial charge in [-0.25, -0.2) is 0 Å². The summed E-state index contributed by atoms with van der Waals surface area (Å²) in [6.07, 6.45) is 4.24. The van der Waals surface area contributed by atoms with Crippen molar-refractivity contribution in [3.63, 3.8) is 0 Å². The Balaban J connectivity index is 1.86. The molecule has 0 aliphatic carbocycles. The van der Waals surface area contributed by atoms with Crippen LogP contribution in [0.2, 0.25) is 0 Å². The van der Waals surface area contributed by atoms with Gasteiger partial charge in [0, 0.05) is 20.1 Å². The zero-order valence-corrected chi connectivity index (χ0v) is 13.3. The minimum atomic E-state index is 0.388. The van der Waals surface area contributed by atoms with Crippen LogP contribution in [0.5, 0.6) is 0 Å². The van der Waals surface area contributed by atoms with Gasteiger partial charge < -0.3 is 10.2 Å². The van der Waals surface area contributed by atoms with Crippen LogP contribution in [0.1, 0.15) is 33.6 Å². The highest BCUT2D eigenvalue weighted by molar-refractivity contribution is 5.87. The largest absolute Gasteiger partial charge is 0.357 e. The van der Waals surface area contributed by atoms with Crippen molar-refractivity contribution in [1.82, 2.24) is 20.2 Å². The van der Waals surface area contributed by atoms with Gasteiger partial charge in [0.15, 0.2) is 5.65 Å². The van der Waals surface area contributed by atoms with E-state index in [1.807, 2.05) is 13.2 Å². The summed E-state index contributed by atoms with van der Waals surface area (Å²) >= 11 is 0. The summed E-state index contributed by atoms with van der Waals surface area (Å²) in [5.74, 6) is 2.41. The molecule has 1 aliphatic heterocycles. The van der Waals surface area contributed by atoms with Gasteiger partial charge in [0.2, 0.25) is 5.95 Å². The molecule has 3 rings (SSSR count). The Hall–Kier alpha value is -1.85. The number of H-pyrrole nitrogens is 1. The van der Waals surface area contributed by atoms with Crippen LogP contribution in [0.3, 0.4) is 0 Å². The van der Waals surface area contributed by atoms with E-state index in [1.165, 1.54) is 12.8 Å². The van der Waals surface area contributed by atoms with Gasteiger partial charge in [-0.2, -0.15) is 15.1 Å². The smallest absolute Gasteiger partial charge is 0.226 e. The predicted octanol–water partition coefficient (Wildman–Crippen LogP) is 2.66. The van der Waals surface area contributed by atoms with Crippen LogP contribution in [-0.4, -0.2) is 40.3 Å². The minimum absolute atomic E-state index is 0.388. The van der Waals surface area contributed by atoms with Crippen molar-refractivity contribution in [1.29, 1.82) is 0 Å². The summed E-state index contributed by atoms with van der Waals surface area (Å²) in [7, 11) is 1.84. The molecule has 1 fully saturated rings. The molecule has 0 spiro atoms. The third-order valence-electron chi connectivity index (χ3n) is 4.53. The molecule has 2 aromatic heterocycles. The van der Waals surface area contributed by atoms with E-state index < -0.39 is 0 Å². The van der Waals surface area contributed by atoms with E-state index in [1.54, 1.807) is 0 Å². The normalized spacial score (nSPS) is 17.4. The van der Waals surface area contributed by atoms with Crippen molar-refractivity contribution < 1.29 is 0 Å². The molecule has 1 saturated heterocycles. The average molecular weight is 288 g/mol. The van der Waals surface area contributed by atoms with Crippen LogP contribution in [0, 0.1) is 11.3 Å². The third kappa shape index (κ3) is 2.66. The van der Waals surface area contributed by atoms with E-state index >= 15 is 0 Å². The summed E-state index contributed by atoms with van der Waals surface area (Å²) in [6.45, 7) is 9.10. The quantitative estimate of drug-likeness (QED) is 0.889. The first kappa shape index (κ1) is 14.1. The van der Waals surface area contributed by atoms with E-state index in [0.29, 0.717) is 11.4 Å². The fourth-order valence-electron chi connectivity index (χ4n) is 3.13. The number of nitrogens with one attached hydrogen (secondary N) is 2. The van der Waals surface area contributed by atoms with Crippen molar-refractivity contribution in [3.8, 4) is 0 Å². The fourth-order valence-corrected chi connectivity index (χ4v) is 3.13. The third-order valence-corrected chi connectivity index (χ3v) is 4.53. The molecule has 0 amide bonds. The minimum Gasteiger partial charge on any atom is -0.357 e. The molecule has 21 heavy (non-hydrogen) atoms. The molecule has 3 heterocycles. The highest BCUT2D eigenvalue weighted by atomic mass is 15.3. The SMILES string of the molecule is CNc1nc(N2CCC(C(C)(C)C)CC2)c2cn[nH]c2n1. The standard InChI is InChI=1S/C15H24N6/c1-15(2,3)10-5-7-21(8-6-10)13-11-9-17-20-12(11)18-14(16-4)19-13/h9-10H,5-8H2,1-4H3,(H2,16,17,18,19,20). The van der Waals surface area contributed by atoms with Gasteiger partial charge in [0.25, 0.3) is 0 Å². The van der Waals surface area contributed by atoms with E-state index in [-0.39, 0.29) is 0 Å². The van der Waals surface area contributed by atoms with E-state index in [0.717, 1.165) is 35.9 Å². The highest BCUT2D eigenvalue weighted by Crippen LogP contribution is 2.36. The number of fused-ring (bicyclic) bond motifs is 1. The number of hydrogen-bond acceptors (Lipinski definition) is 5. The van der Waals surface area contributed by atoms with Gasteiger partial charge >= 0.3 is 0 Å². The van der Waals surface area contributed by atoms with Crippen LogP contribution in [0.25, 0.3) is 11.0 Å². The lowest BCUT2D eigenvalue weighted by atomic mass is 9.75. The summed E-state index contributed by atoms with van der Waals surface area (Å²) in [5, 5.41) is 11.1. The van der Waals surface area contributed by atoms with Crippen molar-refractivity contribution in [2.45, 2.75) is 33.6 Å². The maximum absolute atomic E-state index is 4.65. The molecular weight excluding hydrogens is 264 g/mol. The molecule has 0 aromatic carbocycles. The number of anilines is 2. The van der Waals surface area contributed by atoms with Crippen LogP contribution in [-0.2, 0) is 0 Å². The molecule has 6 heteroatoms. The molecule has 2 aromatic rings. The second-order valence-corrected chi connectivity index (χ2v) is 6.88. The second kappa shape index (κ2) is 5.16. The zero-order valence-electron chi connectivity index (χ0n) is 13.3. The topological polar surface area (TPSA) is 69.7 Å². The molecule has 0 radical (unpaired) electrons. The zero-order chi connectivity index (χ0) is 15.0. The van der Waals surface area contributed by atoms with Crippen LogP contribution in [0.4, 0.5) is 11.8 Å². The van der Waals surface area contributed by atoms with Crippen LogP contribution >= 0.6 is 0 Å². The van der Waals surface area contributed by atoms with E-state index in [2.05, 4.69) is 51.2 Å². The first-order valence-electron chi connectivity index (χ1n) is 7.63. The lowest BCUT2D eigenvalue weighted by molar-refractivity contribution is 0.199. The van der Waals surface area contributed by atoms with Gasteiger partial charge in [-0.05, 0) is 24.2 Å². The Labute approximate surface area is 125 Å². The molecule has 114 valence electrons. The van der Waals surface area contributed by atoms with Crippen LogP contribution < -0.4 is 10.2 Å². The Kier molecular flexibility index (Phi) is 3.47. The molecule has 0 bridgehead atoms. The lowest BCUT2D eigenvalue weighted by Gasteiger charge is -2.39. The number of piperidine rings is 1. The van der Waals surface area contributed by atoms with Crippen molar-refractivity contribution in [2.75, 3.05) is 30.4 Å². The lowest BCUT2D eigenvalue weighted by Crippen LogP contribution is -2.38. The summed E-state index contributed by atoms with van der Waals surface area (Å²) < 4.78 is 0. The van der Waals surface area contributed by atoms with Crippen LogP contribution in [0.15, 0.2) is 6.20 Å². The monoisotopic (exact) mass is 288 g/mol. The Morgan fingerprint density at radius 1 is 1.24 bits per heavy atom. The Morgan fingerprint density at radius 2 is 1.95 bits per heavy atom. The van der Waals surface area contributed by atoms with Crippen molar-refractivity contribution >= 4 is 22.8 Å². The number of hydrogen-bond donors (Lipinski definition) is 2. The van der Waals surface area contributed by atoms with Gasteiger partial charge in [-0.15, -0.1) is 0 Å². The summed E-state index contributed by atoms with van der Waals surface area (Å²) in [6, 6.07) is 0. The van der Waals surface area contributed by atoms with Gasteiger partial charge in [0.1, 0.15) is 5.82 Å². The first-order valence-corrected chi connectivity index (χ1v) is 7.63. The fraction of sp³-hybridized carbons (Fsp3) is 0.667. The van der Waals surface area contributed by atoms with Crippen molar-refractivity contribution in [2.24, 2.45) is 11.3 Å². The summed E-state index contributed by atoms with van der Waals surface area (Å²) in [5.41, 5.74) is 1.18. The Bertz CT molecular complexity index is 619. The molecule has 6 nitrogen and oxygen atoms in total. The molecule has 2 N–H and O–H groups in total. The molecule has 0 unspecified atom stereocenters.